The molecule has 1 aliphatic rings. The summed E-state index contributed by atoms with van der Waals surface area (Å²) in [5.41, 5.74) is 0. The fourth-order valence-electron chi connectivity index (χ4n) is 1.45. The Hall–Kier alpha value is -0.900. The van der Waals surface area contributed by atoms with Gasteiger partial charge in [0.15, 0.2) is 0 Å². The zero-order valence-corrected chi connectivity index (χ0v) is 8.17. The number of thiazole rings is 1. The van der Waals surface area contributed by atoms with Gasteiger partial charge in [0.05, 0.1) is 0 Å². The van der Waals surface area contributed by atoms with Gasteiger partial charge in [-0.15, -0.1) is 11.3 Å². The topological polar surface area (TPSA) is 34.5 Å². The molecule has 1 heterocycles. The van der Waals surface area contributed by atoms with Crippen LogP contribution in [0.3, 0.4) is 0 Å². The van der Waals surface area contributed by atoms with Gasteiger partial charge in [-0.1, -0.05) is 5.16 Å². The van der Waals surface area contributed by atoms with E-state index in [4.69, 9.17) is 4.84 Å². The standard InChI is InChI=1S/C9H12N2OS/c1-2-4-8(3-1)12-11-7-9-10-5-6-13-9/h5-8H,1-4H2/b11-7+. The molecular weight excluding hydrogens is 184 g/mol. The number of aromatic nitrogens is 1. The Kier molecular flexibility index (Phi) is 2.92. The molecule has 1 aromatic heterocycles. The van der Waals surface area contributed by atoms with E-state index in [-0.39, 0.29) is 0 Å². The van der Waals surface area contributed by atoms with Crippen molar-refractivity contribution in [3.8, 4) is 0 Å². The van der Waals surface area contributed by atoms with Crippen molar-refractivity contribution in [2.75, 3.05) is 0 Å². The summed E-state index contributed by atoms with van der Waals surface area (Å²) >= 11 is 1.56. The molecule has 13 heavy (non-hydrogen) atoms. The molecule has 3 nitrogen and oxygen atoms in total. The zero-order chi connectivity index (χ0) is 8.93. The van der Waals surface area contributed by atoms with Crippen LogP contribution in [-0.2, 0) is 4.84 Å². The number of hydrogen-bond acceptors (Lipinski definition) is 4. The van der Waals surface area contributed by atoms with Crippen LogP contribution in [0.2, 0.25) is 0 Å². The van der Waals surface area contributed by atoms with Gasteiger partial charge in [0.25, 0.3) is 0 Å². The van der Waals surface area contributed by atoms with Gasteiger partial charge in [-0.25, -0.2) is 4.98 Å². The Morgan fingerprint density at radius 1 is 1.54 bits per heavy atom. The molecule has 70 valence electrons. The first-order chi connectivity index (χ1) is 6.45. The lowest BCUT2D eigenvalue weighted by Crippen LogP contribution is -2.02. The third kappa shape index (κ3) is 2.52. The average Bonchev–Trinajstić information content (AvgIpc) is 2.75. The molecule has 1 aliphatic carbocycles. The maximum absolute atomic E-state index is 5.31. The summed E-state index contributed by atoms with van der Waals surface area (Å²) in [5, 5.41) is 6.75. The lowest BCUT2D eigenvalue weighted by molar-refractivity contribution is 0.0657. The first-order valence-electron chi connectivity index (χ1n) is 4.54. The zero-order valence-electron chi connectivity index (χ0n) is 7.35. The molecule has 0 bridgehead atoms. The highest BCUT2D eigenvalue weighted by Crippen LogP contribution is 2.20. The molecule has 0 radical (unpaired) electrons. The Morgan fingerprint density at radius 3 is 3.08 bits per heavy atom. The van der Waals surface area contributed by atoms with Gasteiger partial charge in [-0.05, 0) is 25.7 Å². The summed E-state index contributed by atoms with van der Waals surface area (Å²) in [7, 11) is 0. The van der Waals surface area contributed by atoms with Crippen LogP contribution in [0.1, 0.15) is 30.7 Å². The predicted molar refractivity (Wildman–Crippen MR) is 53.0 cm³/mol. The van der Waals surface area contributed by atoms with E-state index in [1.807, 2.05) is 5.38 Å². The van der Waals surface area contributed by atoms with Gasteiger partial charge in [-0.2, -0.15) is 0 Å². The third-order valence-corrected chi connectivity index (χ3v) is 2.84. The van der Waals surface area contributed by atoms with Crippen LogP contribution in [0.4, 0.5) is 0 Å². The van der Waals surface area contributed by atoms with E-state index in [9.17, 15) is 0 Å². The lowest BCUT2D eigenvalue weighted by atomic mass is 10.3. The minimum atomic E-state index is 0.344. The quantitative estimate of drug-likeness (QED) is 0.549. The van der Waals surface area contributed by atoms with Gasteiger partial charge in [0.2, 0.25) is 0 Å². The van der Waals surface area contributed by atoms with Gasteiger partial charge in [-0.3, -0.25) is 0 Å². The van der Waals surface area contributed by atoms with E-state index in [1.165, 1.54) is 12.8 Å². The molecule has 0 aliphatic heterocycles. The molecule has 1 saturated carbocycles. The van der Waals surface area contributed by atoms with E-state index in [2.05, 4.69) is 10.1 Å². The van der Waals surface area contributed by atoms with Crippen molar-refractivity contribution in [3.63, 3.8) is 0 Å². The van der Waals surface area contributed by atoms with Crippen molar-refractivity contribution >= 4 is 17.6 Å². The number of hydrogen-bond donors (Lipinski definition) is 0. The Morgan fingerprint density at radius 2 is 2.38 bits per heavy atom. The van der Waals surface area contributed by atoms with Crippen LogP contribution < -0.4 is 0 Å². The summed E-state index contributed by atoms with van der Waals surface area (Å²) in [6.45, 7) is 0. The second-order valence-corrected chi connectivity index (χ2v) is 4.04. The van der Waals surface area contributed by atoms with Crippen molar-refractivity contribution in [1.82, 2.24) is 4.98 Å². The monoisotopic (exact) mass is 196 g/mol. The average molecular weight is 196 g/mol. The smallest absolute Gasteiger partial charge is 0.137 e. The molecule has 2 rings (SSSR count). The first-order valence-corrected chi connectivity index (χ1v) is 5.42. The van der Waals surface area contributed by atoms with Crippen LogP contribution in [0.5, 0.6) is 0 Å². The van der Waals surface area contributed by atoms with Gasteiger partial charge < -0.3 is 4.84 Å². The molecule has 1 fully saturated rings. The predicted octanol–water partition coefficient (Wildman–Crippen LogP) is 2.44. The van der Waals surface area contributed by atoms with Gasteiger partial charge in [0.1, 0.15) is 17.3 Å². The fourth-order valence-corrected chi connectivity index (χ4v) is 1.94. The molecule has 0 saturated heterocycles. The van der Waals surface area contributed by atoms with Crippen molar-refractivity contribution < 1.29 is 4.84 Å². The highest BCUT2D eigenvalue weighted by molar-refractivity contribution is 7.11. The molecule has 4 heteroatoms. The van der Waals surface area contributed by atoms with Crippen molar-refractivity contribution in [2.45, 2.75) is 31.8 Å². The molecule has 0 amide bonds. The number of oxime groups is 1. The second kappa shape index (κ2) is 4.37. The lowest BCUT2D eigenvalue weighted by Gasteiger charge is -2.04. The van der Waals surface area contributed by atoms with E-state index in [0.29, 0.717) is 6.10 Å². The molecule has 0 N–H and O–H groups in total. The Balaban J connectivity index is 1.78. The van der Waals surface area contributed by atoms with Crippen molar-refractivity contribution in [1.29, 1.82) is 0 Å². The van der Waals surface area contributed by atoms with Crippen LogP contribution in [0, 0.1) is 0 Å². The molecule has 0 aromatic carbocycles. The summed E-state index contributed by atoms with van der Waals surface area (Å²) in [6.07, 6.45) is 8.64. The molecule has 0 spiro atoms. The molecule has 1 aromatic rings. The SMILES string of the molecule is C(=N\OC1CCCC1)/c1nccs1. The largest absolute Gasteiger partial charge is 0.392 e. The van der Waals surface area contributed by atoms with Gasteiger partial charge in [0, 0.05) is 11.6 Å². The number of nitrogens with zero attached hydrogens (tertiary/aromatic N) is 2. The summed E-state index contributed by atoms with van der Waals surface area (Å²) < 4.78 is 0. The summed E-state index contributed by atoms with van der Waals surface area (Å²) in [4.78, 5) is 9.38. The molecule has 0 atom stereocenters. The van der Waals surface area contributed by atoms with Crippen LogP contribution in [0.15, 0.2) is 16.7 Å². The Bertz CT molecular complexity index is 265. The highest BCUT2D eigenvalue weighted by Gasteiger charge is 2.15. The minimum Gasteiger partial charge on any atom is -0.392 e. The third-order valence-electron chi connectivity index (χ3n) is 2.13. The Labute approximate surface area is 81.4 Å². The van der Waals surface area contributed by atoms with Crippen molar-refractivity contribution in [2.24, 2.45) is 5.16 Å². The van der Waals surface area contributed by atoms with Crippen LogP contribution in [-0.4, -0.2) is 17.3 Å². The molecule has 0 unspecified atom stereocenters. The molecular formula is C9H12N2OS. The van der Waals surface area contributed by atoms with E-state index in [1.54, 1.807) is 23.7 Å². The van der Waals surface area contributed by atoms with Crippen LogP contribution in [0.25, 0.3) is 0 Å². The normalized spacial score (nSPS) is 18.5. The summed E-state index contributed by atoms with van der Waals surface area (Å²) in [5.74, 6) is 0. The number of rotatable bonds is 3. The second-order valence-electron chi connectivity index (χ2n) is 3.12. The fraction of sp³-hybridized carbons (Fsp3) is 0.556. The first kappa shape index (κ1) is 8.69. The van der Waals surface area contributed by atoms with E-state index in [0.717, 1.165) is 17.8 Å². The minimum absolute atomic E-state index is 0.344. The van der Waals surface area contributed by atoms with E-state index >= 15 is 0 Å². The highest BCUT2D eigenvalue weighted by atomic mass is 32.1. The summed E-state index contributed by atoms with van der Waals surface area (Å²) in [6, 6.07) is 0. The maximum atomic E-state index is 5.31. The van der Waals surface area contributed by atoms with Crippen LogP contribution >= 0.6 is 11.3 Å². The van der Waals surface area contributed by atoms with Gasteiger partial charge >= 0.3 is 0 Å². The van der Waals surface area contributed by atoms with E-state index < -0.39 is 0 Å². The maximum Gasteiger partial charge on any atom is 0.137 e. The van der Waals surface area contributed by atoms with Crippen molar-refractivity contribution in [3.05, 3.63) is 16.6 Å².